The number of rotatable bonds is 4. The number of nitrogens with zero attached hydrogens (tertiary/aromatic N) is 3. The molecular formula is C14H22N4O3. The molecule has 1 aliphatic heterocycles. The number of piperazine rings is 1. The average Bonchev–Trinajstić information content (AvgIpc) is 2.96. The fourth-order valence-corrected chi connectivity index (χ4v) is 2.34. The molecule has 0 bridgehead atoms. The maximum absolute atomic E-state index is 12.3. The molecule has 0 unspecified atom stereocenters. The molecule has 2 heterocycles. The maximum Gasteiger partial charge on any atom is 0.409 e. The van der Waals surface area contributed by atoms with Gasteiger partial charge in [-0.1, -0.05) is 13.3 Å². The van der Waals surface area contributed by atoms with E-state index in [4.69, 9.17) is 4.74 Å². The molecule has 21 heavy (non-hydrogen) atoms. The van der Waals surface area contributed by atoms with Crippen LogP contribution >= 0.6 is 0 Å². The van der Waals surface area contributed by atoms with Gasteiger partial charge in [0.2, 0.25) is 0 Å². The predicted molar refractivity (Wildman–Crippen MR) is 77.1 cm³/mol. The quantitative estimate of drug-likeness (QED) is 0.907. The Morgan fingerprint density at radius 1 is 1.24 bits per heavy atom. The molecule has 2 rings (SSSR count). The SMILES string of the molecule is CCCc1cc(C(=O)N2CCN(C(=O)OCC)CC2)n[nH]1. The first-order valence-corrected chi connectivity index (χ1v) is 7.41. The van der Waals surface area contributed by atoms with E-state index in [1.54, 1.807) is 16.7 Å². The van der Waals surface area contributed by atoms with Crippen LogP contribution in [0.5, 0.6) is 0 Å². The second-order valence-corrected chi connectivity index (χ2v) is 5.01. The Kier molecular flexibility index (Phi) is 5.19. The van der Waals surface area contributed by atoms with Crippen LogP contribution in [-0.2, 0) is 11.2 Å². The molecule has 0 aromatic carbocycles. The van der Waals surface area contributed by atoms with Crippen molar-refractivity contribution >= 4 is 12.0 Å². The number of nitrogens with one attached hydrogen (secondary N) is 1. The first-order valence-electron chi connectivity index (χ1n) is 7.41. The Morgan fingerprint density at radius 3 is 2.52 bits per heavy atom. The molecule has 1 fully saturated rings. The third-order valence-corrected chi connectivity index (χ3v) is 3.46. The zero-order chi connectivity index (χ0) is 15.2. The predicted octanol–water partition coefficient (Wildman–Crippen LogP) is 1.28. The minimum atomic E-state index is -0.311. The minimum absolute atomic E-state index is 0.0860. The molecule has 0 aliphatic carbocycles. The van der Waals surface area contributed by atoms with E-state index in [2.05, 4.69) is 17.1 Å². The van der Waals surface area contributed by atoms with Crippen LogP contribution in [0.4, 0.5) is 4.79 Å². The van der Waals surface area contributed by atoms with Crippen molar-refractivity contribution in [1.29, 1.82) is 0 Å². The Hall–Kier alpha value is -2.05. The van der Waals surface area contributed by atoms with E-state index in [9.17, 15) is 9.59 Å². The van der Waals surface area contributed by atoms with Crippen molar-refractivity contribution in [2.75, 3.05) is 32.8 Å². The van der Waals surface area contributed by atoms with Crippen molar-refractivity contribution < 1.29 is 14.3 Å². The zero-order valence-electron chi connectivity index (χ0n) is 12.6. The van der Waals surface area contributed by atoms with E-state index < -0.39 is 0 Å². The molecule has 7 nitrogen and oxygen atoms in total. The van der Waals surface area contributed by atoms with Crippen molar-refractivity contribution in [2.45, 2.75) is 26.7 Å². The van der Waals surface area contributed by atoms with Crippen LogP contribution in [-0.4, -0.2) is 64.8 Å². The number of H-pyrrole nitrogens is 1. The number of hydrogen-bond acceptors (Lipinski definition) is 4. The number of hydrogen-bond donors (Lipinski definition) is 1. The molecule has 1 aromatic rings. The van der Waals surface area contributed by atoms with Gasteiger partial charge in [0, 0.05) is 31.9 Å². The second-order valence-electron chi connectivity index (χ2n) is 5.01. The average molecular weight is 294 g/mol. The van der Waals surface area contributed by atoms with Crippen molar-refractivity contribution in [3.63, 3.8) is 0 Å². The van der Waals surface area contributed by atoms with E-state index in [1.165, 1.54) is 0 Å². The highest BCUT2D eigenvalue weighted by atomic mass is 16.6. The van der Waals surface area contributed by atoms with Crippen molar-refractivity contribution in [3.05, 3.63) is 17.5 Å². The number of carbonyl (C=O) groups is 2. The monoisotopic (exact) mass is 294 g/mol. The van der Waals surface area contributed by atoms with Crippen LogP contribution in [0, 0.1) is 0 Å². The Labute approximate surface area is 124 Å². The van der Waals surface area contributed by atoms with Gasteiger partial charge in [0.15, 0.2) is 0 Å². The fourth-order valence-electron chi connectivity index (χ4n) is 2.34. The lowest BCUT2D eigenvalue weighted by atomic mass is 10.2. The van der Waals surface area contributed by atoms with Gasteiger partial charge in [-0.2, -0.15) is 5.10 Å². The molecule has 116 valence electrons. The molecule has 0 atom stereocenters. The van der Waals surface area contributed by atoms with Crippen molar-refractivity contribution in [3.8, 4) is 0 Å². The third-order valence-electron chi connectivity index (χ3n) is 3.46. The van der Waals surface area contributed by atoms with Crippen molar-refractivity contribution in [1.82, 2.24) is 20.0 Å². The largest absolute Gasteiger partial charge is 0.450 e. The minimum Gasteiger partial charge on any atom is -0.450 e. The highest BCUT2D eigenvalue weighted by molar-refractivity contribution is 5.92. The summed E-state index contributed by atoms with van der Waals surface area (Å²) in [4.78, 5) is 27.3. The van der Waals surface area contributed by atoms with Crippen molar-refractivity contribution in [2.24, 2.45) is 0 Å². The van der Waals surface area contributed by atoms with Crippen LogP contribution in [0.15, 0.2) is 6.07 Å². The number of aryl methyl sites for hydroxylation is 1. The number of amides is 2. The van der Waals surface area contributed by atoms with Crippen LogP contribution in [0.2, 0.25) is 0 Å². The first kappa shape index (κ1) is 15.3. The van der Waals surface area contributed by atoms with E-state index in [-0.39, 0.29) is 12.0 Å². The van der Waals surface area contributed by atoms with Gasteiger partial charge in [-0.05, 0) is 19.4 Å². The number of aromatic nitrogens is 2. The highest BCUT2D eigenvalue weighted by Gasteiger charge is 2.26. The van der Waals surface area contributed by atoms with E-state index in [0.717, 1.165) is 18.5 Å². The van der Waals surface area contributed by atoms with Gasteiger partial charge in [-0.3, -0.25) is 9.89 Å². The fraction of sp³-hybridized carbons (Fsp3) is 0.643. The van der Waals surface area contributed by atoms with E-state index >= 15 is 0 Å². The molecule has 1 aliphatic rings. The topological polar surface area (TPSA) is 78.5 Å². The van der Waals surface area contributed by atoms with Gasteiger partial charge in [0.25, 0.3) is 5.91 Å². The third kappa shape index (κ3) is 3.74. The molecule has 0 spiro atoms. The number of ether oxygens (including phenoxy) is 1. The van der Waals surface area contributed by atoms with Crippen LogP contribution in [0.1, 0.15) is 36.5 Å². The van der Waals surface area contributed by atoms with Crippen LogP contribution in [0.25, 0.3) is 0 Å². The molecule has 2 amide bonds. The summed E-state index contributed by atoms with van der Waals surface area (Å²) in [6.07, 6.45) is 1.58. The highest BCUT2D eigenvalue weighted by Crippen LogP contribution is 2.10. The summed E-state index contributed by atoms with van der Waals surface area (Å²) in [5.41, 5.74) is 1.43. The lowest BCUT2D eigenvalue weighted by molar-refractivity contribution is 0.0566. The van der Waals surface area contributed by atoms with Gasteiger partial charge < -0.3 is 14.5 Å². The maximum atomic E-state index is 12.3. The standard InChI is InChI=1S/C14H22N4O3/c1-3-5-11-10-12(16-15-11)13(19)17-6-8-18(9-7-17)14(20)21-4-2/h10H,3-9H2,1-2H3,(H,15,16). The summed E-state index contributed by atoms with van der Waals surface area (Å²) in [7, 11) is 0. The molecule has 1 N–H and O–H groups in total. The van der Waals surface area contributed by atoms with E-state index in [0.29, 0.717) is 38.5 Å². The summed E-state index contributed by atoms with van der Waals surface area (Å²) in [5, 5.41) is 6.96. The molecule has 0 radical (unpaired) electrons. The lowest BCUT2D eigenvalue weighted by Gasteiger charge is -2.33. The normalized spacial score (nSPS) is 15.1. The Bertz CT molecular complexity index is 492. The van der Waals surface area contributed by atoms with Gasteiger partial charge >= 0.3 is 6.09 Å². The smallest absolute Gasteiger partial charge is 0.409 e. The summed E-state index contributed by atoms with van der Waals surface area (Å²) in [5.74, 6) is -0.0860. The molecule has 1 saturated heterocycles. The summed E-state index contributed by atoms with van der Waals surface area (Å²) >= 11 is 0. The molecule has 1 aromatic heterocycles. The van der Waals surface area contributed by atoms with E-state index in [1.807, 2.05) is 6.07 Å². The van der Waals surface area contributed by atoms with Gasteiger partial charge in [0.1, 0.15) is 5.69 Å². The second kappa shape index (κ2) is 7.10. The van der Waals surface area contributed by atoms with Gasteiger partial charge in [0.05, 0.1) is 6.61 Å². The number of carbonyl (C=O) groups excluding carboxylic acids is 2. The van der Waals surface area contributed by atoms with Crippen LogP contribution < -0.4 is 0 Å². The van der Waals surface area contributed by atoms with Gasteiger partial charge in [-0.15, -0.1) is 0 Å². The Morgan fingerprint density at radius 2 is 1.90 bits per heavy atom. The summed E-state index contributed by atoms with van der Waals surface area (Å²) in [6.45, 7) is 6.24. The molecule has 0 saturated carbocycles. The lowest BCUT2D eigenvalue weighted by Crippen LogP contribution is -2.50. The zero-order valence-corrected chi connectivity index (χ0v) is 12.6. The first-order chi connectivity index (χ1) is 10.2. The molecule has 7 heteroatoms. The summed E-state index contributed by atoms with van der Waals surface area (Å²) < 4.78 is 4.96. The van der Waals surface area contributed by atoms with Crippen LogP contribution in [0.3, 0.4) is 0 Å². The Balaban J connectivity index is 1.89. The number of aromatic amines is 1. The molecular weight excluding hydrogens is 272 g/mol. The van der Waals surface area contributed by atoms with Gasteiger partial charge in [-0.25, -0.2) is 4.79 Å². The summed E-state index contributed by atoms with van der Waals surface area (Å²) in [6, 6.07) is 1.81.